The minimum atomic E-state index is 0.833. The van der Waals surface area contributed by atoms with E-state index in [0.29, 0.717) is 0 Å². The minimum absolute atomic E-state index is 0.833. The summed E-state index contributed by atoms with van der Waals surface area (Å²) < 4.78 is 1.95. The molecule has 0 bridgehead atoms. The predicted molar refractivity (Wildman–Crippen MR) is 73.6 cm³/mol. The average molecular weight is 230 g/mol. The molecule has 17 heavy (non-hydrogen) atoms. The summed E-state index contributed by atoms with van der Waals surface area (Å²) in [6.45, 7) is 10.6. The zero-order chi connectivity index (χ0) is 12.8. The quantitative estimate of drug-likeness (QED) is 0.719. The van der Waals surface area contributed by atoms with Gasteiger partial charge in [0.15, 0.2) is 0 Å². The zero-order valence-corrected chi connectivity index (χ0v) is 11.4. The van der Waals surface area contributed by atoms with E-state index in [0.717, 1.165) is 17.3 Å². The van der Waals surface area contributed by atoms with E-state index >= 15 is 0 Å². The van der Waals surface area contributed by atoms with Crippen molar-refractivity contribution in [1.82, 2.24) is 9.78 Å². The molecular weight excluding hydrogens is 208 g/mol. The van der Waals surface area contributed by atoms with E-state index in [1.165, 1.54) is 5.69 Å². The molecule has 0 unspecified atom stereocenters. The van der Waals surface area contributed by atoms with Crippen LogP contribution in [0.4, 0.5) is 0 Å². The van der Waals surface area contributed by atoms with E-state index in [4.69, 9.17) is 0 Å². The Morgan fingerprint density at radius 3 is 1.94 bits per heavy atom. The van der Waals surface area contributed by atoms with E-state index in [1.54, 1.807) is 0 Å². The molecule has 0 saturated heterocycles. The van der Waals surface area contributed by atoms with E-state index < -0.39 is 0 Å². The molecule has 92 valence electrons. The van der Waals surface area contributed by atoms with E-state index in [9.17, 15) is 0 Å². The summed E-state index contributed by atoms with van der Waals surface area (Å²) in [7, 11) is 0. The molecule has 0 atom stereocenters. The maximum absolute atomic E-state index is 4.40. The van der Waals surface area contributed by atoms with Crippen molar-refractivity contribution in [1.29, 1.82) is 0 Å². The first kappa shape index (κ1) is 13.5. The first-order chi connectivity index (χ1) is 8.00. The number of aryl methyl sites for hydroxylation is 2. The monoisotopic (exact) mass is 230 g/mol. The van der Waals surface area contributed by atoms with E-state index in [-0.39, 0.29) is 0 Å². The van der Waals surface area contributed by atoms with Gasteiger partial charge in [-0.25, -0.2) is 4.68 Å². The number of aromatic nitrogens is 2. The molecular formula is C15H22N2. The van der Waals surface area contributed by atoms with Gasteiger partial charge in [0.1, 0.15) is 0 Å². The Labute approximate surface area is 104 Å². The normalized spacial score (nSPS) is 10.0. The lowest BCUT2D eigenvalue weighted by molar-refractivity contribution is 0.737. The van der Waals surface area contributed by atoms with Gasteiger partial charge in [-0.2, -0.15) is 5.10 Å². The van der Waals surface area contributed by atoms with Crippen LogP contribution in [0.5, 0.6) is 0 Å². The lowest BCUT2D eigenvalue weighted by atomic mass is 10.3. The molecule has 2 aromatic rings. The van der Waals surface area contributed by atoms with Crippen LogP contribution in [0.15, 0.2) is 36.4 Å². The molecule has 0 amide bonds. The molecule has 0 aliphatic rings. The Kier molecular flexibility index (Phi) is 4.95. The van der Waals surface area contributed by atoms with Gasteiger partial charge >= 0.3 is 0 Å². The first-order valence-corrected chi connectivity index (χ1v) is 6.09. The van der Waals surface area contributed by atoms with Crippen molar-refractivity contribution in [3.63, 3.8) is 0 Å². The second kappa shape index (κ2) is 6.24. The SMILES string of the molecule is CC(C)C.Cc1cc(C)n(-c2ccccc2)n1. The molecule has 2 nitrogen and oxygen atoms in total. The van der Waals surface area contributed by atoms with Gasteiger partial charge in [-0.3, -0.25) is 0 Å². The second-order valence-corrected chi connectivity index (χ2v) is 4.91. The van der Waals surface area contributed by atoms with Crippen LogP contribution >= 0.6 is 0 Å². The second-order valence-electron chi connectivity index (χ2n) is 4.91. The van der Waals surface area contributed by atoms with Gasteiger partial charge in [-0.05, 0) is 38.0 Å². The summed E-state index contributed by atoms with van der Waals surface area (Å²) in [4.78, 5) is 0. The topological polar surface area (TPSA) is 17.8 Å². The fourth-order valence-electron chi connectivity index (χ4n) is 1.46. The summed E-state index contributed by atoms with van der Waals surface area (Å²) >= 11 is 0. The van der Waals surface area contributed by atoms with Crippen molar-refractivity contribution in [3.8, 4) is 5.69 Å². The molecule has 1 aromatic heterocycles. The number of rotatable bonds is 1. The molecule has 0 aliphatic heterocycles. The van der Waals surface area contributed by atoms with Gasteiger partial charge in [0.25, 0.3) is 0 Å². The Hall–Kier alpha value is -1.57. The number of benzene rings is 1. The van der Waals surface area contributed by atoms with Crippen LogP contribution in [0.25, 0.3) is 5.69 Å². The van der Waals surface area contributed by atoms with Crippen LogP contribution in [-0.2, 0) is 0 Å². The van der Waals surface area contributed by atoms with Crippen LogP contribution in [0.3, 0.4) is 0 Å². The van der Waals surface area contributed by atoms with E-state index in [1.807, 2.05) is 29.8 Å². The fourth-order valence-corrected chi connectivity index (χ4v) is 1.46. The summed E-state index contributed by atoms with van der Waals surface area (Å²) in [6, 6.07) is 12.2. The van der Waals surface area contributed by atoms with Gasteiger partial charge in [-0.1, -0.05) is 39.0 Å². The first-order valence-electron chi connectivity index (χ1n) is 6.09. The standard InChI is InChI=1S/C11H12N2.C4H10/c1-9-8-10(2)13(12-9)11-6-4-3-5-7-11;1-4(2)3/h3-8H,1-2H3;4H,1-3H3. The number of para-hydroxylation sites is 1. The van der Waals surface area contributed by atoms with Gasteiger partial charge in [0.2, 0.25) is 0 Å². The van der Waals surface area contributed by atoms with Crippen molar-refractivity contribution in [2.75, 3.05) is 0 Å². The predicted octanol–water partition coefficient (Wildman–Crippen LogP) is 4.15. The number of hydrogen-bond donors (Lipinski definition) is 0. The summed E-state index contributed by atoms with van der Waals surface area (Å²) in [5.74, 6) is 0.833. The van der Waals surface area contributed by atoms with Crippen molar-refractivity contribution in [2.45, 2.75) is 34.6 Å². The van der Waals surface area contributed by atoms with Gasteiger partial charge < -0.3 is 0 Å². The van der Waals surface area contributed by atoms with Crippen molar-refractivity contribution in [2.24, 2.45) is 5.92 Å². The Morgan fingerprint density at radius 1 is 1.00 bits per heavy atom. The zero-order valence-electron chi connectivity index (χ0n) is 11.4. The van der Waals surface area contributed by atoms with Crippen molar-refractivity contribution < 1.29 is 0 Å². The molecule has 0 saturated carbocycles. The third-order valence-corrected chi connectivity index (χ3v) is 2.01. The molecule has 0 spiro atoms. The minimum Gasteiger partial charge on any atom is -0.238 e. The third kappa shape index (κ3) is 4.43. The number of hydrogen-bond acceptors (Lipinski definition) is 1. The molecule has 0 aliphatic carbocycles. The molecule has 2 rings (SSSR count). The summed E-state index contributed by atoms with van der Waals surface area (Å²) in [5, 5.41) is 4.40. The molecule has 0 N–H and O–H groups in total. The average Bonchev–Trinajstić information content (AvgIpc) is 2.58. The van der Waals surface area contributed by atoms with Crippen LogP contribution in [0.1, 0.15) is 32.2 Å². The Morgan fingerprint density at radius 2 is 1.53 bits per heavy atom. The highest BCUT2D eigenvalue weighted by atomic mass is 15.3. The Bertz CT molecular complexity index is 438. The van der Waals surface area contributed by atoms with Gasteiger partial charge in [0, 0.05) is 5.69 Å². The maximum Gasteiger partial charge on any atom is 0.0648 e. The third-order valence-electron chi connectivity index (χ3n) is 2.01. The smallest absolute Gasteiger partial charge is 0.0648 e. The van der Waals surface area contributed by atoms with Crippen LogP contribution in [-0.4, -0.2) is 9.78 Å². The molecule has 0 radical (unpaired) electrons. The summed E-state index contributed by atoms with van der Waals surface area (Å²) in [5.41, 5.74) is 3.35. The van der Waals surface area contributed by atoms with Crippen LogP contribution in [0.2, 0.25) is 0 Å². The van der Waals surface area contributed by atoms with Crippen LogP contribution < -0.4 is 0 Å². The molecule has 0 fully saturated rings. The maximum atomic E-state index is 4.40. The lowest BCUT2D eigenvalue weighted by Crippen LogP contribution is -1.97. The Balaban J connectivity index is 0.000000317. The van der Waals surface area contributed by atoms with E-state index in [2.05, 4.69) is 51.0 Å². The molecule has 2 heteroatoms. The van der Waals surface area contributed by atoms with Gasteiger partial charge in [0.05, 0.1) is 11.4 Å². The number of nitrogens with zero attached hydrogens (tertiary/aromatic N) is 2. The fraction of sp³-hybridized carbons (Fsp3) is 0.400. The molecule has 1 heterocycles. The highest BCUT2D eigenvalue weighted by Gasteiger charge is 2.01. The summed E-state index contributed by atoms with van der Waals surface area (Å²) in [6.07, 6.45) is 0. The lowest BCUT2D eigenvalue weighted by Gasteiger charge is -2.02. The van der Waals surface area contributed by atoms with Crippen molar-refractivity contribution >= 4 is 0 Å². The highest BCUT2D eigenvalue weighted by Crippen LogP contribution is 2.10. The highest BCUT2D eigenvalue weighted by molar-refractivity contribution is 5.32. The van der Waals surface area contributed by atoms with Crippen molar-refractivity contribution in [3.05, 3.63) is 47.8 Å². The molecule has 1 aromatic carbocycles. The largest absolute Gasteiger partial charge is 0.238 e. The van der Waals surface area contributed by atoms with Crippen LogP contribution in [0, 0.1) is 19.8 Å². The van der Waals surface area contributed by atoms with Gasteiger partial charge in [-0.15, -0.1) is 0 Å².